The van der Waals surface area contributed by atoms with Crippen molar-refractivity contribution in [3.05, 3.63) is 35.2 Å². The fraction of sp³-hybridized carbons (Fsp3) is 0.353. The summed E-state index contributed by atoms with van der Waals surface area (Å²) in [6, 6.07) is 7.72. The van der Waals surface area contributed by atoms with Gasteiger partial charge in [-0.2, -0.15) is 0 Å². The molecule has 6 nitrogen and oxygen atoms in total. The first kappa shape index (κ1) is 16.6. The molecule has 1 N–H and O–H groups in total. The Balaban J connectivity index is 1.96. The maximum Gasteiger partial charge on any atom is 0.242 e. The van der Waals surface area contributed by atoms with Gasteiger partial charge in [-0.05, 0) is 26.0 Å². The molecular formula is C17H20N4O2S. The monoisotopic (exact) mass is 344 g/mol. The van der Waals surface area contributed by atoms with Crippen LogP contribution in [0.25, 0.3) is 22.6 Å². The van der Waals surface area contributed by atoms with E-state index in [1.807, 2.05) is 34.2 Å². The lowest BCUT2D eigenvalue weighted by Gasteiger charge is -2.26. The Morgan fingerprint density at radius 3 is 2.79 bits per heavy atom. The zero-order valence-corrected chi connectivity index (χ0v) is 14.7. The van der Waals surface area contributed by atoms with Crippen LogP contribution in [0.15, 0.2) is 35.2 Å². The van der Waals surface area contributed by atoms with Gasteiger partial charge in [-0.3, -0.25) is 4.79 Å². The topological polar surface area (TPSA) is 71.2 Å². The average molecular weight is 344 g/mol. The fourth-order valence-electron chi connectivity index (χ4n) is 2.68. The van der Waals surface area contributed by atoms with Crippen molar-refractivity contribution in [2.45, 2.75) is 26.0 Å². The van der Waals surface area contributed by atoms with Gasteiger partial charge in [0.25, 0.3) is 0 Å². The molecule has 3 rings (SSSR count). The van der Waals surface area contributed by atoms with Crippen molar-refractivity contribution < 1.29 is 9.90 Å². The second-order valence-electron chi connectivity index (χ2n) is 6.45. The van der Waals surface area contributed by atoms with Crippen LogP contribution in [-0.4, -0.2) is 49.6 Å². The second kappa shape index (κ2) is 6.33. The predicted octanol–water partition coefficient (Wildman–Crippen LogP) is 2.39. The van der Waals surface area contributed by atoms with Gasteiger partial charge < -0.3 is 14.6 Å². The van der Waals surface area contributed by atoms with Gasteiger partial charge in [-0.1, -0.05) is 12.1 Å². The molecule has 1 aromatic carbocycles. The van der Waals surface area contributed by atoms with E-state index in [2.05, 4.69) is 9.97 Å². The van der Waals surface area contributed by atoms with Crippen molar-refractivity contribution in [2.75, 3.05) is 13.6 Å². The molecule has 0 saturated carbocycles. The normalized spacial score (nSPS) is 11.8. The van der Waals surface area contributed by atoms with Gasteiger partial charge in [-0.15, -0.1) is 11.3 Å². The van der Waals surface area contributed by atoms with Gasteiger partial charge in [0.2, 0.25) is 5.91 Å². The number of fused-ring (bicyclic) bond motifs is 1. The van der Waals surface area contributed by atoms with Gasteiger partial charge in [0.05, 0.1) is 22.1 Å². The molecule has 0 unspecified atom stereocenters. The number of rotatable bonds is 5. The first-order chi connectivity index (χ1) is 11.3. The number of amides is 1. The molecule has 3 aromatic rings. The Bertz CT molecular complexity index is 849. The number of hydrogen-bond acceptors (Lipinski definition) is 5. The molecule has 0 saturated heterocycles. The third kappa shape index (κ3) is 3.47. The Morgan fingerprint density at radius 2 is 2.12 bits per heavy atom. The summed E-state index contributed by atoms with van der Waals surface area (Å²) in [5, 5.41) is 11.8. The fourth-order valence-corrected chi connectivity index (χ4v) is 3.21. The summed E-state index contributed by atoms with van der Waals surface area (Å²) >= 11 is 1.49. The van der Waals surface area contributed by atoms with Crippen LogP contribution < -0.4 is 0 Å². The molecular weight excluding hydrogens is 324 g/mol. The molecule has 126 valence electrons. The number of thiazole rings is 1. The van der Waals surface area contributed by atoms with Crippen LogP contribution >= 0.6 is 11.3 Å². The molecule has 2 aromatic heterocycles. The van der Waals surface area contributed by atoms with E-state index in [0.717, 1.165) is 16.7 Å². The molecule has 0 aliphatic heterocycles. The summed E-state index contributed by atoms with van der Waals surface area (Å²) in [6.07, 6.45) is 0. The zero-order chi connectivity index (χ0) is 17.3. The van der Waals surface area contributed by atoms with E-state index in [0.29, 0.717) is 5.82 Å². The van der Waals surface area contributed by atoms with Crippen molar-refractivity contribution in [3.8, 4) is 11.5 Å². The van der Waals surface area contributed by atoms with Crippen molar-refractivity contribution >= 4 is 28.3 Å². The maximum absolute atomic E-state index is 12.6. The Labute approximate surface area is 144 Å². The van der Waals surface area contributed by atoms with E-state index >= 15 is 0 Å². The lowest BCUT2D eigenvalue weighted by molar-refractivity contribution is -0.133. The Hall–Kier alpha value is -2.25. The first-order valence-corrected chi connectivity index (χ1v) is 8.59. The van der Waals surface area contributed by atoms with Gasteiger partial charge in [0, 0.05) is 19.0 Å². The number of benzene rings is 1. The number of para-hydroxylation sites is 2. The predicted molar refractivity (Wildman–Crippen MR) is 94.8 cm³/mol. The minimum absolute atomic E-state index is 0.0863. The van der Waals surface area contributed by atoms with Crippen LogP contribution in [0.4, 0.5) is 0 Å². The molecule has 24 heavy (non-hydrogen) atoms. The number of hydrogen-bond donors (Lipinski definition) is 1. The van der Waals surface area contributed by atoms with Crippen molar-refractivity contribution in [1.29, 1.82) is 0 Å². The summed E-state index contributed by atoms with van der Waals surface area (Å²) in [7, 11) is 1.70. The number of nitrogens with zero attached hydrogens (tertiary/aromatic N) is 4. The highest BCUT2D eigenvalue weighted by Crippen LogP contribution is 2.24. The number of imidazole rings is 1. The molecule has 0 spiro atoms. The van der Waals surface area contributed by atoms with E-state index in [-0.39, 0.29) is 19.0 Å². The largest absolute Gasteiger partial charge is 0.389 e. The molecule has 0 atom stereocenters. The van der Waals surface area contributed by atoms with Crippen LogP contribution in [0.2, 0.25) is 0 Å². The maximum atomic E-state index is 12.6. The molecule has 1 amide bonds. The SMILES string of the molecule is CN(CC(C)(C)O)C(=O)Cn1c(-c2cscn2)nc2ccccc21. The zero-order valence-electron chi connectivity index (χ0n) is 13.9. The third-order valence-corrected chi connectivity index (χ3v) is 4.25. The molecule has 7 heteroatoms. The van der Waals surface area contributed by atoms with Crippen molar-refractivity contribution in [1.82, 2.24) is 19.4 Å². The molecule has 0 bridgehead atoms. The lowest BCUT2D eigenvalue weighted by Crippen LogP contribution is -2.41. The molecule has 0 aliphatic rings. The lowest BCUT2D eigenvalue weighted by atomic mass is 10.1. The van der Waals surface area contributed by atoms with Crippen LogP contribution in [0, 0.1) is 0 Å². The summed E-state index contributed by atoms with van der Waals surface area (Å²) in [4.78, 5) is 23.1. The van der Waals surface area contributed by atoms with Gasteiger partial charge in [0.15, 0.2) is 5.82 Å². The van der Waals surface area contributed by atoms with E-state index in [1.165, 1.54) is 11.3 Å². The van der Waals surface area contributed by atoms with Gasteiger partial charge >= 0.3 is 0 Å². The van der Waals surface area contributed by atoms with Crippen LogP contribution in [0.3, 0.4) is 0 Å². The van der Waals surface area contributed by atoms with E-state index in [4.69, 9.17) is 0 Å². The highest BCUT2D eigenvalue weighted by molar-refractivity contribution is 7.07. The number of carbonyl (C=O) groups is 1. The van der Waals surface area contributed by atoms with E-state index in [1.54, 1.807) is 31.3 Å². The standard InChI is InChI=1S/C17H20N4O2S/c1-17(2,23)10-20(3)15(22)8-21-14-7-5-4-6-12(14)19-16(21)13-9-24-11-18-13/h4-7,9,11,23H,8,10H2,1-3H3. The number of aromatic nitrogens is 3. The van der Waals surface area contributed by atoms with Crippen LogP contribution in [0.1, 0.15) is 13.8 Å². The van der Waals surface area contributed by atoms with Gasteiger partial charge in [-0.25, -0.2) is 9.97 Å². The second-order valence-corrected chi connectivity index (χ2v) is 7.16. The van der Waals surface area contributed by atoms with E-state index < -0.39 is 5.60 Å². The summed E-state index contributed by atoms with van der Waals surface area (Å²) in [6.45, 7) is 3.79. The van der Waals surface area contributed by atoms with Crippen molar-refractivity contribution in [2.24, 2.45) is 0 Å². The molecule has 2 heterocycles. The van der Waals surface area contributed by atoms with Crippen LogP contribution in [-0.2, 0) is 11.3 Å². The first-order valence-electron chi connectivity index (χ1n) is 7.65. The molecule has 0 fully saturated rings. The Kier molecular flexibility index (Phi) is 4.38. The summed E-state index contributed by atoms with van der Waals surface area (Å²) < 4.78 is 1.88. The summed E-state index contributed by atoms with van der Waals surface area (Å²) in [5.41, 5.74) is 3.30. The number of aliphatic hydroxyl groups is 1. The summed E-state index contributed by atoms with van der Waals surface area (Å²) in [5.74, 6) is 0.596. The van der Waals surface area contributed by atoms with Crippen molar-refractivity contribution in [3.63, 3.8) is 0 Å². The minimum Gasteiger partial charge on any atom is -0.389 e. The highest BCUT2D eigenvalue weighted by atomic mass is 32.1. The number of likely N-dealkylation sites (N-methyl/N-ethyl adjacent to an activating group) is 1. The number of carbonyl (C=O) groups excluding carboxylic acids is 1. The quantitative estimate of drug-likeness (QED) is 0.771. The Morgan fingerprint density at radius 1 is 1.38 bits per heavy atom. The van der Waals surface area contributed by atoms with Gasteiger partial charge in [0.1, 0.15) is 12.2 Å². The third-order valence-electron chi connectivity index (χ3n) is 3.66. The van der Waals surface area contributed by atoms with Crippen LogP contribution in [0.5, 0.6) is 0 Å². The minimum atomic E-state index is -0.931. The molecule has 0 aliphatic carbocycles. The molecule has 0 radical (unpaired) electrons. The van der Waals surface area contributed by atoms with E-state index in [9.17, 15) is 9.90 Å². The highest BCUT2D eigenvalue weighted by Gasteiger charge is 2.22. The smallest absolute Gasteiger partial charge is 0.242 e. The average Bonchev–Trinajstić information content (AvgIpc) is 3.13.